The third-order valence-corrected chi connectivity index (χ3v) is 5.23. The van der Waals surface area contributed by atoms with E-state index in [1.54, 1.807) is 0 Å². The Morgan fingerprint density at radius 3 is 1.09 bits per heavy atom. The Kier molecular flexibility index (Phi) is 7.95. The topological polar surface area (TPSA) is 0 Å². The van der Waals surface area contributed by atoms with Crippen molar-refractivity contribution in [1.29, 1.82) is 0 Å². The second-order valence-electron chi connectivity index (χ2n) is 7.24. The molecule has 0 unspecified atom stereocenters. The summed E-state index contributed by atoms with van der Waals surface area (Å²) in [5.74, 6) is 0. The van der Waals surface area contributed by atoms with Gasteiger partial charge in [0, 0.05) is 0 Å². The predicted molar refractivity (Wildman–Crippen MR) is 144 cm³/mol. The van der Waals surface area contributed by atoms with Gasteiger partial charge < -0.3 is 0 Å². The first-order valence-electron chi connectivity index (χ1n) is 10.6. The maximum Gasteiger partial charge on any atom is -0.0111 e. The van der Waals surface area contributed by atoms with Crippen molar-refractivity contribution < 1.29 is 0 Å². The lowest BCUT2D eigenvalue weighted by atomic mass is 9.97. The lowest BCUT2D eigenvalue weighted by molar-refractivity contribution is 1.57. The van der Waals surface area contributed by atoms with E-state index in [1.807, 2.05) is 60.7 Å². The van der Waals surface area contributed by atoms with Gasteiger partial charge in [-0.05, 0) is 56.6 Å². The fourth-order valence-electron chi connectivity index (χ4n) is 3.52. The van der Waals surface area contributed by atoms with Crippen LogP contribution < -0.4 is 0 Å². The number of rotatable bonds is 6. The lowest BCUT2D eigenvalue weighted by Crippen LogP contribution is -1.84. The van der Waals surface area contributed by atoms with Crippen LogP contribution in [0.5, 0.6) is 0 Å². The Hall–Kier alpha value is -4.16. The average molecular weight is 413 g/mol. The zero-order valence-electron chi connectivity index (χ0n) is 18.4. The van der Waals surface area contributed by atoms with E-state index in [-0.39, 0.29) is 0 Å². The van der Waals surface area contributed by atoms with Crippen LogP contribution >= 0.6 is 0 Å². The van der Waals surface area contributed by atoms with Gasteiger partial charge in [-0.25, -0.2) is 0 Å². The third kappa shape index (κ3) is 5.50. The summed E-state index contributed by atoms with van der Waals surface area (Å²) in [4.78, 5) is 0. The third-order valence-electron chi connectivity index (χ3n) is 5.23. The molecule has 0 radical (unpaired) electrons. The minimum absolute atomic E-state index is 1.12. The van der Waals surface area contributed by atoms with E-state index < -0.39 is 0 Å². The molecule has 0 aliphatic heterocycles. The summed E-state index contributed by atoms with van der Waals surface area (Å²) in [5, 5.41) is 0. The smallest absolute Gasteiger partial charge is 0.0111 e. The van der Waals surface area contributed by atoms with Crippen molar-refractivity contribution >= 4 is 24.3 Å². The van der Waals surface area contributed by atoms with Crippen LogP contribution in [0.3, 0.4) is 0 Å². The molecule has 0 saturated heterocycles. The number of benzene rings is 4. The lowest BCUT2D eigenvalue weighted by Gasteiger charge is -2.07. The van der Waals surface area contributed by atoms with Crippen molar-refractivity contribution in [3.8, 4) is 22.3 Å². The van der Waals surface area contributed by atoms with E-state index >= 15 is 0 Å². The Morgan fingerprint density at radius 2 is 0.781 bits per heavy atom. The van der Waals surface area contributed by atoms with Gasteiger partial charge in [-0.1, -0.05) is 136 Å². The molecule has 0 saturated carbocycles. The first-order chi connectivity index (χ1) is 15.7. The molecule has 32 heavy (non-hydrogen) atoms. The zero-order chi connectivity index (χ0) is 22.8. The van der Waals surface area contributed by atoms with Crippen molar-refractivity contribution in [2.24, 2.45) is 0 Å². The van der Waals surface area contributed by atoms with Crippen LogP contribution in [0.25, 0.3) is 46.6 Å². The van der Waals surface area contributed by atoms with Gasteiger partial charge in [0.2, 0.25) is 0 Å². The molecule has 0 fully saturated rings. The van der Waals surface area contributed by atoms with Crippen LogP contribution in [-0.2, 0) is 0 Å². The normalized spacial score (nSPS) is 9.75. The highest BCUT2D eigenvalue weighted by atomic mass is 14.1. The summed E-state index contributed by atoms with van der Waals surface area (Å²) in [5.41, 5.74) is 9.37. The molecule has 0 aliphatic rings. The Morgan fingerprint density at radius 1 is 0.406 bits per heavy atom. The number of hydrogen-bond donors (Lipinski definition) is 0. The second-order valence-corrected chi connectivity index (χ2v) is 7.24. The molecule has 0 heterocycles. The molecule has 0 bridgehead atoms. The summed E-state index contributed by atoms with van der Waals surface area (Å²) < 4.78 is 0. The van der Waals surface area contributed by atoms with Gasteiger partial charge in [0.25, 0.3) is 0 Å². The van der Waals surface area contributed by atoms with Crippen LogP contribution in [0.4, 0.5) is 0 Å². The van der Waals surface area contributed by atoms with Crippen LogP contribution in [-0.4, -0.2) is 0 Å². The molecule has 0 amide bonds. The molecule has 0 nitrogen and oxygen atoms in total. The van der Waals surface area contributed by atoms with E-state index in [2.05, 4.69) is 87.0 Å². The number of hydrogen-bond acceptors (Lipinski definition) is 0. The SMILES string of the molecule is C=Cc1ccc(-c2ccccc2)c(C=C)c1.C=Cc1ccc(-c2ccccc2)c(C=C)c1. The zero-order valence-corrected chi connectivity index (χ0v) is 18.4. The summed E-state index contributed by atoms with van der Waals surface area (Å²) >= 11 is 0. The van der Waals surface area contributed by atoms with E-state index in [9.17, 15) is 0 Å². The van der Waals surface area contributed by atoms with Crippen molar-refractivity contribution in [3.05, 3.63) is 146 Å². The molecule has 4 rings (SSSR count). The van der Waals surface area contributed by atoms with Gasteiger partial charge in [-0.15, -0.1) is 0 Å². The van der Waals surface area contributed by atoms with Crippen LogP contribution in [0.1, 0.15) is 22.3 Å². The van der Waals surface area contributed by atoms with E-state index in [4.69, 9.17) is 0 Å². The largest absolute Gasteiger partial charge is 0.0985 e. The van der Waals surface area contributed by atoms with Crippen molar-refractivity contribution in [2.45, 2.75) is 0 Å². The molecule has 4 aromatic carbocycles. The molecule has 0 aromatic heterocycles. The quantitative estimate of drug-likeness (QED) is 0.296. The highest BCUT2D eigenvalue weighted by Gasteiger charge is 2.03. The van der Waals surface area contributed by atoms with Crippen LogP contribution in [0, 0.1) is 0 Å². The molecule has 0 atom stereocenters. The highest BCUT2D eigenvalue weighted by molar-refractivity contribution is 5.77. The van der Waals surface area contributed by atoms with Gasteiger partial charge in [0.15, 0.2) is 0 Å². The van der Waals surface area contributed by atoms with Crippen LogP contribution in [0.15, 0.2) is 123 Å². The standard InChI is InChI=1S/2C16H14/c2*1-3-13-10-11-16(14(4-2)12-13)15-8-6-5-7-9-15/h2*3-12H,1-2H2. The molecule has 0 N–H and O–H groups in total. The van der Waals surface area contributed by atoms with Gasteiger partial charge in [0.05, 0.1) is 0 Å². The van der Waals surface area contributed by atoms with Gasteiger partial charge in [0.1, 0.15) is 0 Å². The van der Waals surface area contributed by atoms with Crippen molar-refractivity contribution in [2.75, 3.05) is 0 Å². The molecular formula is C32H28. The minimum atomic E-state index is 1.12. The van der Waals surface area contributed by atoms with E-state index in [1.165, 1.54) is 22.3 Å². The Bertz CT molecular complexity index is 1110. The van der Waals surface area contributed by atoms with Crippen molar-refractivity contribution in [3.63, 3.8) is 0 Å². The average Bonchev–Trinajstić information content (AvgIpc) is 2.89. The highest BCUT2D eigenvalue weighted by Crippen LogP contribution is 2.26. The maximum absolute atomic E-state index is 3.86. The summed E-state index contributed by atoms with van der Waals surface area (Å²) in [6, 6.07) is 33.2. The molecule has 4 aromatic rings. The van der Waals surface area contributed by atoms with Gasteiger partial charge in [-0.3, -0.25) is 0 Å². The Balaban J connectivity index is 0.000000181. The molecule has 0 spiro atoms. The van der Waals surface area contributed by atoms with Crippen molar-refractivity contribution in [1.82, 2.24) is 0 Å². The fraction of sp³-hybridized carbons (Fsp3) is 0. The first kappa shape index (κ1) is 22.5. The fourth-order valence-corrected chi connectivity index (χ4v) is 3.52. The first-order valence-corrected chi connectivity index (χ1v) is 10.6. The summed E-state index contributed by atoms with van der Waals surface area (Å²) in [6.45, 7) is 15.3. The monoisotopic (exact) mass is 412 g/mol. The molecular weight excluding hydrogens is 384 g/mol. The summed E-state index contributed by atoms with van der Waals surface area (Å²) in [7, 11) is 0. The van der Waals surface area contributed by atoms with Gasteiger partial charge in [-0.2, -0.15) is 0 Å². The van der Waals surface area contributed by atoms with E-state index in [0.29, 0.717) is 0 Å². The minimum Gasteiger partial charge on any atom is -0.0985 e. The van der Waals surface area contributed by atoms with Crippen LogP contribution in [0.2, 0.25) is 0 Å². The van der Waals surface area contributed by atoms with E-state index in [0.717, 1.165) is 22.3 Å². The van der Waals surface area contributed by atoms with Gasteiger partial charge >= 0.3 is 0 Å². The Labute approximate surface area is 192 Å². The second kappa shape index (κ2) is 11.3. The maximum atomic E-state index is 3.86. The molecule has 0 heteroatoms. The molecule has 156 valence electrons. The predicted octanol–water partition coefficient (Wildman–Crippen LogP) is 9.28. The molecule has 0 aliphatic carbocycles. The summed E-state index contributed by atoms with van der Waals surface area (Å²) in [6.07, 6.45) is 7.47.